The zero-order chi connectivity index (χ0) is 29.0. The molecular formula is C40H42N4. The topological polar surface area (TPSA) is 32.3 Å². The number of anilines is 2. The van der Waals surface area contributed by atoms with Crippen molar-refractivity contribution in [2.75, 3.05) is 36.0 Å². The average Bonchev–Trinajstić information content (AvgIpc) is 3.73. The third kappa shape index (κ3) is 4.57. The predicted octanol–water partition coefficient (Wildman–Crippen LogP) is 9.37. The molecule has 4 unspecified atom stereocenters. The summed E-state index contributed by atoms with van der Waals surface area (Å²) in [6.07, 6.45) is 15.2. The third-order valence-corrected chi connectivity index (χ3v) is 11.7. The number of rotatable bonds is 4. The van der Waals surface area contributed by atoms with Gasteiger partial charge in [0.05, 0.1) is 11.0 Å². The van der Waals surface area contributed by atoms with E-state index in [9.17, 15) is 0 Å². The molecule has 2 aromatic heterocycles. The van der Waals surface area contributed by atoms with Crippen LogP contribution in [-0.2, 0) is 0 Å². The second kappa shape index (κ2) is 10.9. The van der Waals surface area contributed by atoms with Crippen LogP contribution in [0.15, 0.2) is 85.2 Å². The van der Waals surface area contributed by atoms with E-state index in [1.807, 2.05) is 12.4 Å². The lowest BCUT2D eigenvalue weighted by Crippen LogP contribution is -2.19. The molecule has 4 nitrogen and oxygen atoms in total. The van der Waals surface area contributed by atoms with E-state index in [2.05, 4.69) is 82.6 Å². The smallest absolute Gasteiger partial charge is 0.0970 e. The van der Waals surface area contributed by atoms with Crippen LogP contribution in [0.4, 0.5) is 11.4 Å². The first-order valence-corrected chi connectivity index (χ1v) is 17.2. The van der Waals surface area contributed by atoms with Gasteiger partial charge in [-0.05, 0) is 108 Å². The molecule has 5 aromatic rings. The van der Waals surface area contributed by atoms with Gasteiger partial charge in [0.25, 0.3) is 0 Å². The summed E-state index contributed by atoms with van der Waals surface area (Å²) < 4.78 is 0. The van der Waals surface area contributed by atoms with Crippen molar-refractivity contribution in [2.45, 2.75) is 51.4 Å². The summed E-state index contributed by atoms with van der Waals surface area (Å²) >= 11 is 0. The molecule has 0 spiro atoms. The van der Waals surface area contributed by atoms with Crippen molar-refractivity contribution in [2.24, 2.45) is 23.7 Å². The normalized spacial score (nSPS) is 25.0. The Kier molecular flexibility index (Phi) is 6.56. The van der Waals surface area contributed by atoms with Gasteiger partial charge in [-0.3, -0.25) is 9.97 Å². The first-order valence-electron chi connectivity index (χ1n) is 17.2. The number of nitrogens with zero attached hydrogens (tertiary/aromatic N) is 4. The summed E-state index contributed by atoms with van der Waals surface area (Å²) in [5.41, 5.74) is 9.62. The van der Waals surface area contributed by atoms with Gasteiger partial charge in [-0.25, -0.2) is 0 Å². The van der Waals surface area contributed by atoms with E-state index in [1.165, 1.54) is 111 Å². The number of aromatic nitrogens is 2. The van der Waals surface area contributed by atoms with Crippen molar-refractivity contribution < 1.29 is 0 Å². The van der Waals surface area contributed by atoms with Gasteiger partial charge in [-0.2, -0.15) is 0 Å². The van der Waals surface area contributed by atoms with E-state index in [0.29, 0.717) is 0 Å². The molecule has 222 valence electrons. The summed E-state index contributed by atoms with van der Waals surface area (Å²) in [6, 6.07) is 27.4. The zero-order valence-corrected chi connectivity index (χ0v) is 25.7. The SMILES string of the molecule is c1cc(-c2ccc(N3CC4CCCCC4C3)cc2)c2ccc3c(-c4ccc(N5CC6CCCCC6C5)cc4)ccnc3c2n1. The lowest BCUT2D eigenvalue weighted by atomic mass is 9.82. The Morgan fingerprint density at radius 1 is 0.432 bits per heavy atom. The number of benzene rings is 3. The van der Waals surface area contributed by atoms with Crippen LogP contribution in [0.1, 0.15) is 51.4 Å². The second-order valence-corrected chi connectivity index (χ2v) is 14.1. The van der Waals surface area contributed by atoms with Gasteiger partial charge in [0.2, 0.25) is 0 Å². The van der Waals surface area contributed by atoms with Crippen LogP contribution >= 0.6 is 0 Å². The molecule has 0 radical (unpaired) electrons. The van der Waals surface area contributed by atoms with Crippen molar-refractivity contribution in [3.05, 3.63) is 85.2 Å². The summed E-state index contributed by atoms with van der Waals surface area (Å²) in [5.74, 6) is 3.58. The van der Waals surface area contributed by atoms with Crippen molar-refractivity contribution in [3.8, 4) is 22.3 Å². The van der Waals surface area contributed by atoms with Crippen LogP contribution in [0.5, 0.6) is 0 Å². The van der Waals surface area contributed by atoms with Crippen LogP contribution in [0.3, 0.4) is 0 Å². The van der Waals surface area contributed by atoms with Gasteiger partial charge in [0.1, 0.15) is 0 Å². The highest BCUT2D eigenvalue weighted by Gasteiger charge is 2.35. The Balaban J connectivity index is 1.01. The van der Waals surface area contributed by atoms with Gasteiger partial charge in [0, 0.05) is 60.7 Å². The lowest BCUT2D eigenvalue weighted by Gasteiger charge is -2.22. The number of hydrogen-bond donors (Lipinski definition) is 0. The maximum atomic E-state index is 4.88. The molecule has 3 aromatic carbocycles. The molecule has 4 heteroatoms. The number of hydrogen-bond acceptors (Lipinski definition) is 4. The van der Waals surface area contributed by atoms with Gasteiger partial charge in [0.15, 0.2) is 0 Å². The largest absolute Gasteiger partial charge is 0.371 e. The Labute approximate surface area is 261 Å². The van der Waals surface area contributed by atoms with Gasteiger partial charge >= 0.3 is 0 Å². The van der Waals surface area contributed by atoms with E-state index in [-0.39, 0.29) is 0 Å². The average molecular weight is 579 g/mol. The van der Waals surface area contributed by atoms with Crippen molar-refractivity contribution >= 4 is 33.2 Å². The Morgan fingerprint density at radius 2 is 0.795 bits per heavy atom. The summed E-state index contributed by atoms with van der Waals surface area (Å²) in [4.78, 5) is 15.0. The van der Waals surface area contributed by atoms with Gasteiger partial charge in [-0.1, -0.05) is 62.1 Å². The zero-order valence-electron chi connectivity index (χ0n) is 25.7. The molecule has 4 atom stereocenters. The minimum Gasteiger partial charge on any atom is -0.371 e. The molecule has 2 aliphatic carbocycles. The minimum atomic E-state index is 0.894. The molecular weight excluding hydrogens is 536 g/mol. The quantitative estimate of drug-likeness (QED) is 0.199. The predicted molar refractivity (Wildman–Crippen MR) is 183 cm³/mol. The molecule has 2 saturated carbocycles. The minimum absolute atomic E-state index is 0.894. The molecule has 9 rings (SSSR count). The van der Waals surface area contributed by atoms with Crippen LogP contribution in [0.2, 0.25) is 0 Å². The highest BCUT2D eigenvalue weighted by atomic mass is 15.2. The van der Waals surface area contributed by atoms with Crippen LogP contribution in [0, 0.1) is 23.7 Å². The fraction of sp³-hybridized carbons (Fsp3) is 0.400. The molecule has 4 heterocycles. The molecule has 44 heavy (non-hydrogen) atoms. The molecule has 4 fully saturated rings. The highest BCUT2D eigenvalue weighted by molar-refractivity contribution is 6.11. The molecule has 0 bridgehead atoms. The maximum Gasteiger partial charge on any atom is 0.0970 e. The van der Waals surface area contributed by atoms with Gasteiger partial charge < -0.3 is 9.80 Å². The van der Waals surface area contributed by atoms with Crippen LogP contribution in [-0.4, -0.2) is 36.1 Å². The third-order valence-electron chi connectivity index (χ3n) is 11.7. The van der Waals surface area contributed by atoms with E-state index in [0.717, 1.165) is 45.5 Å². The first-order chi connectivity index (χ1) is 21.8. The lowest BCUT2D eigenvalue weighted by molar-refractivity contribution is 0.299. The Morgan fingerprint density at radius 3 is 1.16 bits per heavy atom. The monoisotopic (exact) mass is 578 g/mol. The number of fused-ring (bicyclic) bond motifs is 5. The van der Waals surface area contributed by atoms with Crippen molar-refractivity contribution in [1.29, 1.82) is 0 Å². The maximum absolute atomic E-state index is 4.88. The van der Waals surface area contributed by atoms with E-state index >= 15 is 0 Å². The summed E-state index contributed by atoms with van der Waals surface area (Å²) in [5, 5.41) is 2.32. The second-order valence-electron chi connectivity index (χ2n) is 14.1. The molecule has 4 aliphatic rings. The standard InChI is InChI=1S/C40H42N4/c1-2-6-30-24-43(23-29(30)5-1)33-13-9-27(10-14-33)35-19-21-41-39-37(35)17-18-38-36(20-22-42-40(38)39)28-11-15-34(16-12-28)44-25-31-7-3-4-8-32(31)26-44/h9-22,29-32H,1-8,23-26H2. The first kappa shape index (κ1) is 26.5. The highest BCUT2D eigenvalue weighted by Crippen LogP contribution is 2.41. The van der Waals surface area contributed by atoms with E-state index < -0.39 is 0 Å². The fourth-order valence-electron chi connectivity index (χ4n) is 9.27. The Hall–Kier alpha value is -3.92. The Bertz CT molecular complexity index is 1650. The fourth-order valence-corrected chi connectivity index (χ4v) is 9.27. The van der Waals surface area contributed by atoms with Crippen LogP contribution in [0.25, 0.3) is 44.1 Å². The molecule has 0 N–H and O–H groups in total. The number of pyridine rings is 2. The van der Waals surface area contributed by atoms with E-state index in [1.54, 1.807) is 0 Å². The molecule has 0 amide bonds. The van der Waals surface area contributed by atoms with Gasteiger partial charge in [-0.15, -0.1) is 0 Å². The van der Waals surface area contributed by atoms with Crippen molar-refractivity contribution in [1.82, 2.24) is 9.97 Å². The summed E-state index contributed by atoms with van der Waals surface area (Å²) in [7, 11) is 0. The van der Waals surface area contributed by atoms with Crippen LogP contribution < -0.4 is 9.80 Å². The molecule has 2 aliphatic heterocycles. The molecule has 2 saturated heterocycles. The summed E-state index contributed by atoms with van der Waals surface area (Å²) in [6.45, 7) is 4.91. The van der Waals surface area contributed by atoms with Crippen molar-refractivity contribution in [3.63, 3.8) is 0 Å². The van der Waals surface area contributed by atoms with E-state index in [4.69, 9.17) is 9.97 Å².